The van der Waals surface area contributed by atoms with Crippen LogP contribution in [0.15, 0.2) is 27.2 Å². The first-order chi connectivity index (χ1) is 10.1. The van der Waals surface area contributed by atoms with Crippen molar-refractivity contribution in [1.82, 2.24) is 10.1 Å². The fourth-order valence-corrected chi connectivity index (χ4v) is 3.15. The quantitative estimate of drug-likeness (QED) is 0.860. The normalized spacial score (nSPS) is 16.5. The number of hydrogen-bond donors (Lipinski definition) is 1. The largest absolute Gasteiger partial charge is 0.339 e. The second-order valence-corrected chi connectivity index (χ2v) is 6.81. The Morgan fingerprint density at radius 2 is 2.00 bits per heavy atom. The summed E-state index contributed by atoms with van der Waals surface area (Å²) in [5.41, 5.74) is 8.50. The number of aromatic nitrogens is 2. The minimum Gasteiger partial charge on any atom is -0.339 e. The molecule has 1 aliphatic carbocycles. The van der Waals surface area contributed by atoms with Crippen molar-refractivity contribution in [2.75, 3.05) is 0 Å². The van der Waals surface area contributed by atoms with Gasteiger partial charge in [-0.2, -0.15) is 4.98 Å². The Bertz CT molecular complexity index is 638. The topological polar surface area (TPSA) is 64.9 Å². The number of benzene rings is 1. The monoisotopic (exact) mass is 385 g/mol. The third-order valence-corrected chi connectivity index (χ3v) is 5.15. The highest BCUT2D eigenvalue weighted by Gasteiger charge is 2.35. The zero-order chi connectivity index (χ0) is 14.9. The van der Waals surface area contributed by atoms with Gasteiger partial charge in [-0.05, 0) is 43.4 Å². The molecule has 6 heteroatoms. The summed E-state index contributed by atoms with van der Waals surface area (Å²) in [6.45, 7) is 2.09. The molecular weight excluding hydrogens is 366 g/mol. The summed E-state index contributed by atoms with van der Waals surface area (Å²) in [6, 6.07) is 6.38. The van der Waals surface area contributed by atoms with Crippen LogP contribution in [0.4, 0.5) is 0 Å². The van der Waals surface area contributed by atoms with E-state index >= 15 is 0 Å². The third kappa shape index (κ3) is 3.70. The van der Waals surface area contributed by atoms with Crippen molar-refractivity contribution in [3.8, 4) is 0 Å². The zero-order valence-electron chi connectivity index (χ0n) is 12.6. The van der Waals surface area contributed by atoms with Gasteiger partial charge in [-0.25, -0.2) is 0 Å². The highest BCUT2D eigenvalue weighted by atomic mass is 79.9. The molecule has 0 spiro atoms. The van der Waals surface area contributed by atoms with Gasteiger partial charge in [0.05, 0.1) is 5.54 Å². The predicted molar refractivity (Wildman–Crippen MR) is 92.2 cm³/mol. The maximum Gasteiger partial charge on any atom is 0.227 e. The summed E-state index contributed by atoms with van der Waals surface area (Å²) in [5.74, 6) is 1.37. The first kappa shape index (κ1) is 17.4. The summed E-state index contributed by atoms with van der Waals surface area (Å²) < 4.78 is 6.50. The number of nitrogens with two attached hydrogens (primary N) is 1. The lowest BCUT2D eigenvalue weighted by atomic mass is 9.99. The second-order valence-electron chi connectivity index (χ2n) is 5.96. The first-order valence-corrected chi connectivity index (χ1v) is 8.23. The van der Waals surface area contributed by atoms with Crippen LogP contribution in [0, 0.1) is 6.92 Å². The van der Waals surface area contributed by atoms with E-state index in [1.54, 1.807) is 0 Å². The molecule has 0 aliphatic heterocycles. The van der Waals surface area contributed by atoms with E-state index in [0.717, 1.165) is 43.0 Å². The Labute approximate surface area is 145 Å². The molecule has 3 rings (SSSR count). The summed E-state index contributed by atoms with van der Waals surface area (Å²) in [6.07, 6.45) is 5.87. The van der Waals surface area contributed by atoms with Gasteiger partial charge in [-0.1, -0.05) is 46.1 Å². The molecule has 0 amide bonds. The molecule has 0 unspecified atom stereocenters. The van der Waals surface area contributed by atoms with Gasteiger partial charge >= 0.3 is 0 Å². The highest BCUT2D eigenvalue weighted by Crippen LogP contribution is 2.34. The van der Waals surface area contributed by atoms with E-state index in [9.17, 15) is 0 Å². The van der Waals surface area contributed by atoms with Crippen molar-refractivity contribution >= 4 is 28.3 Å². The maximum atomic E-state index is 6.35. The van der Waals surface area contributed by atoms with E-state index < -0.39 is 0 Å². The highest BCUT2D eigenvalue weighted by molar-refractivity contribution is 9.10. The van der Waals surface area contributed by atoms with Crippen molar-refractivity contribution in [2.24, 2.45) is 5.73 Å². The minimum absolute atomic E-state index is 0. The van der Waals surface area contributed by atoms with Crippen LogP contribution in [0.5, 0.6) is 0 Å². The van der Waals surface area contributed by atoms with Gasteiger partial charge in [-0.15, -0.1) is 12.4 Å². The Hall–Kier alpha value is -0.910. The van der Waals surface area contributed by atoms with Crippen molar-refractivity contribution in [2.45, 2.75) is 51.0 Å². The predicted octanol–water partition coefficient (Wildman–Crippen LogP) is 4.08. The van der Waals surface area contributed by atoms with Gasteiger partial charge < -0.3 is 10.3 Å². The average Bonchev–Trinajstić information content (AvgIpc) is 3.10. The number of rotatable bonds is 4. The van der Waals surface area contributed by atoms with E-state index in [4.69, 9.17) is 10.3 Å². The second kappa shape index (κ2) is 7.11. The fourth-order valence-electron chi connectivity index (χ4n) is 2.90. The first-order valence-electron chi connectivity index (χ1n) is 7.44. The summed E-state index contributed by atoms with van der Waals surface area (Å²) in [5, 5.41) is 4.10. The Kier molecular flexibility index (Phi) is 5.64. The molecule has 1 aliphatic rings. The number of halogens is 2. The van der Waals surface area contributed by atoms with E-state index in [-0.39, 0.29) is 17.9 Å². The van der Waals surface area contributed by atoms with Gasteiger partial charge in [0.25, 0.3) is 0 Å². The molecule has 2 N–H and O–H groups in total. The maximum absolute atomic E-state index is 6.35. The molecule has 1 fully saturated rings. The van der Waals surface area contributed by atoms with Crippen LogP contribution >= 0.6 is 28.3 Å². The Morgan fingerprint density at radius 1 is 1.27 bits per heavy atom. The van der Waals surface area contributed by atoms with Crippen molar-refractivity contribution in [3.63, 3.8) is 0 Å². The molecule has 0 atom stereocenters. The van der Waals surface area contributed by atoms with Gasteiger partial charge in [0, 0.05) is 10.9 Å². The lowest BCUT2D eigenvalue weighted by molar-refractivity contribution is 0.348. The molecule has 120 valence electrons. The van der Waals surface area contributed by atoms with Crippen LogP contribution in [-0.4, -0.2) is 10.1 Å². The molecule has 1 saturated carbocycles. The lowest BCUT2D eigenvalue weighted by Gasteiger charge is -2.17. The third-order valence-electron chi connectivity index (χ3n) is 4.26. The number of nitrogens with zero attached hydrogens (tertiary/aromatic N) is 2. The van der Waals surface area contributed by atoms with Crippen LogP contribution in [0.2, 0.25) is 0 Å². The lowest BCUT2D eigenvalue weighted by Crippen LogP contribution is -2.34. The minimum atomic E-state index is -0.365. The smallest absolute Gasteiger partial charge is 0.227 e. The molecule has 0 radical (unpaired) electrons. The fraction of sp³-hybridized carbons (Fsp3) is 0.500. The van der Waals surface area contributed by atoms with Crippen LogP contribution in [0.25, 0.3) is 0 Å². The Morgan fingerprint density at radius 3 is 2.68 bits per heavy atom. The van der Waals surface area contributed by atoms with E-state index in [1.165, 1.54) is 11.1 Å². The van der Waals surface area contributed by atoms with Crippen molar-refractivity contribution in [3.05, 3.63) is 45.5 Å². The molecule has 1 aromatic carbocycles. The Balaban J connectivity index is 0.00000176. The molecular formula is C16H21BrClN3O. The van der Waals surface area contributed by atoms with Gasteiger partial charge in [-0.3, -0.25) is 0 Å². The summed E-state index contributed by atoms with van der Waals surface area (Å²) >= 11 is 3.52. The van der Waals surface area contributed by atoms with Crippen molar-refractivity contribution in [1.29, 1.82) is 0 Å². The van der Waals surface area contributed by atoms with Gasteiger partial charge in [0.2, 0.25) is 5.89 Å². The molecule has 0 saturated heterocycles. The molecule has 2 aromatic rings. The molecule has 4 nitrogen and oxygen atoms in total. The average molecular weight is 387 g/mol. The SMILES string of the molecule is Cc1cc(CCc2nc(C3(N)CCCC3)no2)ccc1Br.Cl. The van der Waals surface area contributed by atoms with Crippen LogP contribution < -0.4 is 5.73 Å². The number of aryl methyl sites for hydroxylation is 3. The van der Waals surface area contributed by atoms with E-state index in [0.29, 0.717) is 11.7 Å². The van der Waals surface area contributed by atoms with E-state index in [1.807, 2.05) is 0 Å². The van der Waals surface area contributed by atoms with Gasteiger partial charge in [0.15, 0.2) is 5.82 Å². The molecule has 22 heavy (non-hydrogen) atoms. The standard InChI is InChI=1S/C16H20BrN3O.ClH/c1-11-10-12(4-6-13(11)17)5-7-14-19-15(20-21-14)16(18)8-2-3-9-16;/h4,6,10H,2-3,5,7-9,18H2,1H3;1H. The van der Waals surface area contributed by atoms with Crippen LogP contribution in [0.3, 0.4) is 0 Å². The summed E-state index contributed by atoms with van der Waals surface area (Å²) in [4.78, 5) is 4.51. The van der Waals surface area contributed by atoms with E-state index in [2.05, 4.69) is 51.2 Å². The summed E-state index contributed by atoms with van der Waals surface area (Å²) in [7, 11) is 0. The van der Waals surface area contributed by atoms with Crippen molar-refractivity contribution < 1.29 is 4.52 Å². The molecule has 1 aromatic heterocycles. The molecule has 1 heterocycles. The van der Waals surface area contributed by atoms with Crippen LogP contribution in [-0.2, 0) is 18.4 Å². The zero-order valence-corrected chi connectivity index (χ0v) is 15.0. The van der Waals surface area contributed by atoms with Crippen LogP contribution in [0.1, 0.15) is 48.5 Å². The molecule has 0 bridgehead atoms. The number of hydrogen-bond acceptors (Lipinski definition) is 4. The van der Waals surface area contributed by atoms with Gasteiger partial charge in [0.1, 0.15) is 0 Å².